The van der Waals surface area contributed by atoms with Crippen LogP contribution in [0.3, 0.4) is 0 Å². The van der Waals surface area contributed by atoms with Crippen LogP contribution in [-0.2, 0) is 11.3 Å². The molecule has 112 valence electrons. The van der Waals surface area contributed by atoms with Gasteiger partial charge in [-0.15, -0.1) is 0 Å². The van der Waals surface area contributed by atoms with Crippen molar-refractivity contribution in [3.05, 3.63) is 23.8 Å². The van der Waals surface area contributed by atoms with Gasteiger partial charge >= 0.3 is 0 Å². The van der Waals surface area contributed by atoms with E-state index in [0.29, 0.717) is 13.2 Å². The fourth-order valence-corrected chi connectivity index (χ4v) is 1.71. The van der Waals surface area contributed by atoms with Crippen molar-refractivity contribution in [1.82, 2.24) is 10.6 Å². The highest BCUT2D eigenvalue weighted by Crippen LogP contribution is 2.28. The Labute approximate surface area is 120 Å². The van der Waals surface area contributed by atoms with Gasteiger partial charge in [-0.3, -0.25) is 4.79 Å². The van der Waals surface area contributed by atoms with Crippen LogP contribution in [0.2, 0.25) is 0 Å². The highest BCUT2D eigenvalue weighted by Gasteiger charge is 2.05. The molecule has 0 aliphatic rings. The zero-order valence-corrected chi connectivity index (χ0v) is 12.5. The summed E-state index contributed by atoms with van der Waals surface area (Å²) < 4.78 is 10.9. The molecule has 20 heavy (non-hydrogen) atoms. The Morgan fingerprint density at radius 2 is 2.05 bits per heavy atom. The van der Waals surface area contributed by atoms with E-state index in [1.54, 1.807) is 7.11 Å². The number of ether oxygens (including phenoxy) is 2. The molecular formula is C15H24N2O3. The quantitative estimate of drug-likeness (QED) is 0.676. The molecule has 0 bridgehead atoms. The van der Waals surface area contributed by atoms with Gasteiger partial charge in [0.15, 0.2) is 11.5 Å². The molecule has 5 nitrogen and oxygen atoms in total. The molecule has 1 aromatic carbocycles. The molecule has 0 saturated heterocycles. The van der Waals surface area contributed by atoms with Crippen molar-refractivity contribution in [3.63, 3.8) is 0 Å². The average Bonchev–Trinajstić information content (AvgIpc) is 2.44. The maximum Gasteiger partial charge on any atom is 0.216 e. The van der Waals surface area contributed by atoms with Crippen LogP contribution in [0.25, 0.3) is 0 Å². The zero-order valence-electron chi connectivity index (χ0n) is 12.5. The molecule has 5 heteroatoms. The van der Waals surface area contributed by atoms with Crippen LogP contribution in [0.4, 0.5) is 0 Å². The molecule has 0 aromatic heterocycles. The van der Waals surface area contributed by atoms with E-state index in [4.69, 9.17) is 9.47 Å². The van der Waals surface area contributed by atoms with Crippen LogP contribution < -0.4 is 20.1 Å². The molecular weight excluding hydrogens is 256 g/mol. The van der Waals surface area contributed by atoms with Crippen molar-refractivity contribution in [2.24, 2.45) is 0 Å². The third-order valence-corrected chi connectivity index (χ3v) is 2.69. The van der Waals surface area contributed by atoms with Crippen molar-refractivity contribution >= 4 is 5.91 Å². The van der Waals surface area contributed by atoms with E-state index >= 15 is 0 Å². The van der Waals surface area contributed by atoms with Gasteiger partial charge in [0.1, 0.15) is 0 Å². The predicted molar refractivity (Wildman–Crippen MR) is 79.2 cm³/mol. The molecule has 0 saturated carbocycles. The fraction of sp³-hybridized carbons (Fsp3) is 0.533. The summed E-state index contributed by atoms with van der Waals surface area (Å²) in [7, 11) is 1.64. The molecule has 1 amide bonds. The van der Waals surface area contributed by atoms with Crippen LogP contribution in [-0.4, -0.2) is 32.7 Å². The Kier molecular flexibility index (Phi) is 7.50. The molecule has 0 fully saturated rings. The first kappa shape index (κ1) is 16.3. The molecule has 1 aromatic rings. The highest BCUT2D eigenvalue weighted by atomic mass is 16.5. The van der Waals surface area contributed by atoms with Gasteiger partial charge in [-0.25, -0.2) is 0 Å². The number of benzene rings is 1. The van der Waals surface area contributed by atoms with Crippen molar-refractivity contribution in [2.45, 2.75) is 26.8 Å². The first-order chi connectivity index (χ1) is 9.67. The van der Waals surface area contributed by atoms with Crippen LogP contribution >= 0.6 is 0 Å². The largest absolute Gasteiger partial charge is 0.493 e. The Balaban J connectivity index is 2.44. The molecule has 0 unspecified atom stereocenters. The normalized spacial score (nSPS) is 10.2. The first-order valence-corrected chi connectivity index (χ1v) is 6.92. The van der Waals surface area contributed by atoms with Crippen molar-refractivity contribution in [1.29, 1.82) is 0 Å². The van der Waals surface area contributed by atoms with Gasteiger partial charge in [0.2, 0.25) is 5.91 Å². The maximum atomic E-state index is 10.7. The highest BCUT2D eigenvalue weighted by molar-refractivity contribution is 5.72. The summed E-state index contributed by atoms with van der Waals surface area (Å²) in [5.41, 5.74) is 1.12. The molecule has 0 heterocycles. The third kappa shape index (κ3) is 5.93. The van der Waals surface area contributed by atoms with Crippen LogP contribution in [0.1, 0.15) is 25.8 Å². The van der Waals surface area contributed by atoms with E-state index < -0.39 is 0 Å². The average molecular weight is 280 g/mol. The first-order valence-electron chi connectivity index (χ1n) is 6.92. The standard InChI is InChI=1S/C15H24N2O3/c1-4-9-20-14-6-5-13(10-15(14)19-3)11-16-7-8-17-12(2)18/h5-6,10,16H,4,7-9,11H2,1-3H3,(H,17,18). The molecule has 1 rings (SSSR count). The molecule has 2 N–H and O–H groups in total. The zero-order chi connectivity index (χ0) is 14.8. The number of carbonyl (C=O) groups is 1. The van der Waals surface area contributed by atoms with Crippen molar-refractivity contribution in [2.75, 3.05) is 26.8 Å². The summed E-state index contributed by atoms with van der Waals surface area (Å²) in [6.45, 7) is 6.36. The minimum absolute atomic E-state index is 0.00843. The minimum Gasteiger partial charge on any atom is -0.493 e. The number of hydrogen-bond acceptors (Lipinski definition) is 4. The Hall–Kier alpha value is -1.75. The fourth-order valence-electron chi connectivity index (χ4n) is 1.71. The Morgan fingerprint density at radius 1 is 1.25 bits per heavy atom. The topological polar surface area (TPSA) is 59.6 Å². The SMILES string of the molecule is CCCOc1ccc(CNCCNC(C)=O)cc1OC. The van der Waals surface area contributed by atoms with Crippen LogP contribution in [0.15, 0.2) is 18.2 Å². The number of amides is 1. The summed E-state index contributed by atoms with van der Waals surface area (Å²) in [6.07, 6.45) is 0.968. The maximum absolute atomic E-state index is 10.7. The summed E-state index contributed by atoms with van der Waals surface area (Å²) >= 11 is 0. The van der Waals surface area contributed by atoms with Crippen molar-refractivity contribution < 1.29 is 14.3 Å². The number of methoxy groups -OCH3 is 1. The predicted octanol–water partition coefficient (Wildman–Crippen LogP) is 1.71. The summed E-state index contributed by atoms with van der Waals surface area (Å²) in [4.78, 5) is 10.7. The van der Waals surface area contributed by atoms with Gasteiger partial charge in [-0.05, 0) is 24.1 Å². The Bertz CT molecular complexity index is 422. The van der Waals surface area contributed by atoms with E-state index in [0.717, 1.165) is 36.6 Å². The monoisotopic (exact) mass is 280 g/mol. The minimum atomic E-state index is -0.00843. The van der Waals surface area contributed by atoms with Gasteiger partial charge < -0.3 is 20.1 Å². The number of carbonyl (C=O) groups excluding carboxylic acids is 1. The van der Waals surface area contributed by atoms with Gasteiger partial charge in [0.05, 0.1) is 13.7 Å². The van der Waals surface area contributed by atoms with E-state index in [1.807, 2.05) is 18.2 Å². The van der Waals surface area contributed by atoms with Gasteiger partial charge in [0.25, 0.3) is 0 Å². The summed E-state index contributed by atoms with van der Waals surface area (Å²) in [5, 5.41) is 6.00. The van der Waals surface area contributed by atoms with Crippen LogP contribution in [0, 0.1) is 0 Å². The van der Waals surface area contributed by atoms with E-state index in [1.165, 1.54) is 6.92 Å². The number of rotatable bonds is 9. The molecule has 0 aliphatic carbocycles. The second kappa shape index (κ2) is 9.20. The lowest BCUT2D eigenvalue weighted by molar-refractivity contribution is -0.118. The van der Waals surface area contributed by atoms with Gasteiger partial charge in [-0.1, -0.05) is 13.0 Å². The third-order valence-electron chi connectivity index (χ3n) is 2.69. The summed E-state index contributed by atoms with van der Waals surface area (Å²) in [5.74, 6) is 1.52. The van der Waals surface area contributed by atoms with Gasteiger partial charge in [-0.2, -0.15) is 0 Å². The van der Waals surface area contributed by atoms with Crippen LogP contribution in [0.5, 0.6) is 11.5 Å². The van der Waals surface area contributed by atoms with Gasteiger partial charge in [0, 0.05) is 26.6 Å². The smallest absolute Gasteiger partial charge is 0.216 e. The van der Waals surface area contributed by atoms with E-state index in [2.05, 4.69) is 17.6 Å². The second-order valence-corrected chi connectivity index (χ2v) is 4.49. The Morgan fingerprint density at radius 3 is 2.70 bits per heavy atom. The molecule has 0 radical (unpaired) electrons. The number of hydrogen-bond donors (Lipinski definition) is 2. The number of nitrogens with one attached hydrogen (secondary N) is 2. The molecule has 0 atom stereocenters. The molecule has 0 spiro atoms. The molecule has 0 aliphatic heterocycles. The lowest BCUT2D eigenvalue weighted by Gasteiger charge is -2.12. The second-order valence-electron chi connectivity index (χ2n) is 4.49. The lowest BCUT2D eigenvalue weighted by atomic mass is 10.2. The van der Waals surface area contributed by atoms with E-state index in [9.17, 15) is 4.79 Å². The van der Waals surface area contributed by atoms with Crippen molar-refractivity contribution in [3.8, 4) is 11.5 Å². The lowest BCUT2D eigenvalue weighted by Crippen LogP contribution is -2.29. The van der Waals surface area contributed by atoms with E-state index in [-0.39, 0.29) is 5.91 Å². The summed E-state index contributed by atoms with van der Waals surface area (Å²) in [6, 6.07) is 5.91.